The molecule has 1 aromatic rings. The summed E-state index contributed by atoms with van der Waals surface area (Å²) in [5.41, 5.74) is 0.680. The van der Waals surface area contributed by atoms with Gasteiger partial charge in [0.1, 0.15) is 0 Å². The number of pyridine rings is 1. The van der Waals surface area contributed by atoms with Crippen LogP contribution in [-0.2, 0) is 0 Å². The maximum Gasteiger partial charge on any atom is 0.255 e. The van der Waals surface area contributed by atoms with Gasteiger partial charge in [0.05, 0.1) is 5.56 Å². The van der Waals surface area contributed by atoms with Crippen LogP contribution in [0.4, 0.5) is 0 Å². The topological polar surface area (TPSA) is 36.4 Å². The quantitative estimate of drug-likeness (QED) is 0.703. The van der Waals surface area contributed by atoms with Crippen molar-refractivity contribution in [1.29, 1.82) is 0 Å². The van der Waals surface area contributed by atoms with Gasteiger partial charge in [-0.3, -0.25) is 9.78 Å². The van der Waals surface area contributed by atoms with Gasteiger partial charge in [-0.05, 0) is 26.1 Å². The van der Waals surface area contributed by atoms with Crippen LogP contribution in [0.3, 0.4) is 0 Å². The highest BCUT2D eigenvalue weighted by atomic mass is 16.2. The van der Waals surface area contributed by atoms with Crippen molar-refractivity contribution in [3.8, 4) is 0 Å². The minimum Gasteiger partial charge on any atom is -0.333 e. The molecule has 0 radical (unpaired) electrons. The maximum absolute atomic E-state index is 12.2. The molecule has 2 rings (SSSR count). The van der Waals surface area contributed by atoms with Crippen LogP contribution >= 0.6 is 0 Å². The molecule has 1 aliphatic rings. The Morgan fingerprint density at radius 3 is 2.94 bits per heavy atom. The van der Waals surface area contributed by atoms with Crippen molar-refractivity contribution in [2.45, 2.75) is 13.0 Å². The van der Waals surface area contributed by atoms with Gasteiger partial charge in [0, 0.05) is 38.1 Å². The van der Waals surface area contributed by atoms with Crippen molar-refractivity contribution in [3.05, 3.63) is 30.1 Å². The molecule has 0 bridgehead atoms. The Hall–Kier alpha value is -1.42. The maximum atomic E-state index is 12.2. The van der Waals surface area contributed by atoms with E-state index in [-0.39, 0.29) is 11.9 Å². The first-order chi connectivity index (χ1) is 7.68. The summed E-state index contributed by atoms with van der Waals surface area (Å²) in [6.07, 6.45) is 3.32. The zero-order valence-corrected chi connectivity index (χ0v) is 9.76. The second-order valence-electron chi connectivity index (χ2n) is 4.35. The van der Waals surface area contributed by atoms with E-state index in [0.29, 0.717) is 5.56 Å². The van der Waals surface area contributed by atoms with Crippen molar-refractivity contribution < 1.29 is 4.79 Å². The number of hydrogen-bond donors (Lipinski definition) is 0. The fourth-order valence-electron chi connectivity index (χ4n) is 2.10. The van der Waals surface area contributed by atoms with Gasteiger partial charge in [0.15, 0.2) is 0 Å². The van der Waals surface area contributed by atoms with Crippen LogP contribution in [-0.4, -0.2) is 53.4 Å². The third-order valence-corrected chi connectivity index (χ3v) is 3.00. The first-order valence-electron chi connectivity index (χ1n) is 5.58. The molecule has 0 unspecified atom stereocenters. The summed E-state index contributed by atoms with van der Waals surface area (Å²) in [7, 11) is 2.09. The third-order valence-electron chi connectivity index (χ3n) is 3.00. The molecule has 1 atom stereocenters. The van der Waals surface area contributed by atoms with Crippen LogP contribution in [0, 0.1) is 0 Å². The molecular formula is C12H17N3O. The van der Waals surface area contributed by atoms with E-state index in [9.17, 15) is 4.79 Å². The lowest BCUT2D eigenvalue weighted by atomic mass is 10.1. The lowest BCUT2D eigenvalue weighted by molar-refractivity contribution is 0.0533. The zero-order chi connectivity index (χ0) is 11.5. The van der Waals surface area contributed by atoms with Gasteiger partial charge in [-0.1, -0.05) is 0 Å². The molecule has 4 heteroatoms. The SMILES string of the molecule is C[C@H]1CN(C)CCN1C(=O)c1cccnc1. The molecule has 16 heavy (non-hydrogen) atoms. The molecule has 0 N–H and O–H groups in total. The normalized spacial score (nSPS) is 22.1. The number of nitrogens with zero attached hydrogens (tertiary/aromatic N) is 3. The van der Waals surface area contributed by atoms with Crippen molar-refractivity contribution in [2.24, 2.45) is 0 Å². The summed E-state index contributed by atoms with van der Waals surface area (Å²) in [6.45, 7) is 4.76. The Morgan fingerprint density at radius 2 is 2.31 bits per heavy atom. The number of likely N-dealkylation sites (N-methyl/N-ethyl adjacent to an activating group) is 1. The highest BCUT2D eigenvalue weighted by Gasteiger charge is 2.26. The molecule has 0 aromatic carbocycles. The fraction of sp³-hybridized carbons (Fsp3) is 0.500. The summed E-state index contributed by atoms with van der Waals surface area (Å²) in [4.78, 5) is 20.3. The van der Waals surface area contributed by atoms with Crippen LogP contribution in [0.5, 0.6) is 0 Å². The largest absolute Gasteiger partial charge is 0.333 e. The number of carbonyl (C=O) groups excluding carboxylic acids is 1. The summed E-state index contributed by atoms with van der Waals surface area (Å²) >= 11 is 0. The van der Waals surface area contributed by atoms with Gasteiger partial charge in [0.2, 0.25) is 0 Å². The Balaban J connectivity index is 2.11. The molecule has 4 nitrogen and oxygen atoms in total. The van der Waals surface area contributed by atoms with Gasteiger partial charge in [0.25, 0.3) is 5.91 Å². The first-order valence-corrected chi connectivity index (χ1v) is 5.58. The molecule has 86 valence electrons. The van der Waals surface area contributed by atoms with Crippen LogP contribution in [0.1, 0.15) is 17.3 Å². The molecule has 1 amide bonds. The van der Waals surface area contributed by atoms with Crippen LogP contribution < -0.4 is 0 Å². The van der Waals surface area contributed by atoms with Crippen LogP contribution in [0.2, 0.25) is 0 Å². The second-order valence-corrected chi connectivity index (χ2v) is 4.35. The van der Waals surface area contributed by atoms with Crippen LogP contribution in [0.25, 0.3) is 0 Å². The smallest absolute Gasteiger partial charge is 0.255 e. The van der Waals surface area contributed by atoms with E-state index >= 15 is 0 Å². The predicted octanol–water partition coefficient (Wildman–Crippen LogP) is 0.858. The molecular weight excluding hydrogens is 202 g/mol. The van der Waals surface area contributed by atoms with Crippen LogP contribution in [0.15, 0.2) is 24.5 Å². The lowest BCUT2D eigenvalue weighted by Crippen LogP contribution is -2.52. The minimum atomic E-state index is 0.0914. The van der Waals surface area contributed by atoms with Crippen molar-refractivity contribution in [3.63, 3.8) is 0 Å². The van der Waals surface area contributed by atoms with E-state index in [1.807, 2.05) is 11.0 Å². The molecule has 2 heterocycles. The number of amides is 1. The zero-order valence-electron chi connectivity index (χ0n) is 9.76. The van der Waals surface area contributed by atoms with Gasteiger partial charge >= 0.3 is 0 Å². The minimum absolute atomic E-state index is 0.0914. The van der Waals surface area contributed by atoms with E-state index in [4.69, 9.17) is 0 Å². The average Bonchev–Trinajstić information content (AvgIpc) is 2.29. The molecule has 1 aromatic heterocycles. The fourth-order valence-corrected chi connectivity index (χ4v) is 2.10. The van der Waals surface area contributed by atoms with Gasteiger partial charge < -0.3 is 9.80 Å². The second kappa shape index (κ2) is 4.61. The van der Waals surface area contributed by atoms with E-state index in [1.165, 1.54) is 0 Å². The summed E-state index contributed by atoms with van der Waals surface area (Å²) in [5, 5.41) is 0. The van der Waals surface area contributed by atoms with Gasteiger partial charge in [-0.2, -0.15) is 0 Å². The summed E-state index contributed by atoms with van der Waals surface area (Å²) in [6, 6.07) is 3.89. The highest BCUT2D eigenvalue weighted by Crippen LogP contribution is 2.12. The lowest BCUT2D eigenvalue weighted by Gasteiger charge is -2.38. The molecule has 0 saturated carbocycles. The number of carbonyl (C=O) groups is 1. The van der Waals surface area contributed by atoms with E-state index in [2.05, 4.69) is 23.9 Å². The Kier molecular flexibility index (Phi) is 3.19. The van der Waals surface area contributed by atoms with Gasteiger partial charge in [-0.15, -0.1) is 0 Å². The molecule has 1 saturated heterocycles. The van der Waals surface area contributed by atoms with Crippen molar-refractivity contribution in [2.75, 3.05) is 26.7 Å². The standard InChI is InChI=1S/C12H17N3O/c1-10-9-14(2)6-7-15(10)12(16)11-4-3-5-13-8-11/h3-5,8,10H,6-7,9H2,1-2H3/t10-/m0/s1. The predicted molar refractivity (Wildman–Crippen MR) is 62.2 cm³/mol. The Labute approximate surface area is 95.9 Å². The Bertz CT molecular complexity index is 366. The first kappa shape index (κ1) is 11.1. The molecule has 1 aliphatic heterocycles. The number of rotatable bonds is 1. The van der Waals surface area contributed by atoms with E-state index < -0.39 is 0 Å². The summed E-state index contributed by atoms with van der Waals surface area (Å²) in [5.74, 6) is 0.0914. The van der Waals surface area contributed by atoms with Crippen molar-refractivity contribution in [1.82, 2.24) is 14.8 Å². The van der Waals surface area contributed by atoms with Gasteiger partial charge in [-0.25, -0.2) is 0 Å². The van der Waals surface area contributed by atoms with E-state index in [0.717, 1.165) is 19.6 Å². The summed E-state index contributed by atoms with van der Waals surface area (Å²) < 4.78 is 0. The molecule has 0 aliphatic carbocycles. The number of hydrogen-bond acceptors (Lipinski definition) is 3. The molecule has 1 fully saturated rings. The van der Waals surface area contributed by atoms with E-state index in [1.54, 1.807) is 18.5 Å². The molecule has 0 spiro atoms. The Morgan fingerprint density at radius 1 is 1.50 bits per heavy atom. The number of piperazine rings is 1. The number of aromatic nitrogens is 1. The highest BCUT2D eigenvalue weighted by molar-refractivity contribution is 5.94. The third kappa shape index (κ3) is 2.22. The monoisotopic (exact) mass is 219 g/mol. The average molecular weight is 219 g/mol. The van der Waals surface area contributed by atoms with Crippen molar-refractivity contribution >= 4 is 5.91 Å².